The second-order valence-electron chi connectivity index (χ2n) is 4.65. The molecule has 1 aliphatic heterocycles. The highest BCUT2D eigenvalue weighted by atomic mass is 15.3. The van der Waals surface area contributed by atoms with Crippen LogP contribution in [0, 0.1) is 0 Å². The van der Waals surface area contributed by atoms with Crippen LogP contribution in [0.1, 0.15) is 27.7 Å². The summed E-state index contributed by atoms with van der Waals surface area (Å²) in [5.41, 5.74) is 5.65. The van der Waals surface area contributed by atoms with Crippen molar-refractivity contribution in [2.75, 3.05) is 20.1 Å². The average molecular weight is 199 g/mol. The van der Waals surface area contributed by atoms with Crippen LogP contribution in [-0.4, -0.2) is 54.1 Å². The molecule has 0 spiro atoms. The van der Waals surface area contributed by atoms with Gasteiger partial charge in [-0.3, -0.25) is 9.80 Å². The zero-order valence-corrected chi connectivity index (χ0v) is 10.2. The first-order chi connectivity index (χ1) is 6.50. The molecule has 0 bridgehead atoms. The van der Waals surface area contributed by atoms with E-state index < -0.39 is 0 Å². The van der Waals surface area contributed by atoms with Crippen LogP contribution < -0.4 is 5.73 Å². The minimum absolute atomic E-state index is 0.606. The number of nitrogens with two attached hydrogens (primary N) is 1. The largest absolute Gasteiger partial charge is 0.329 e. The summed E-state index contributed by atoms with van der Waals surface area (Å²) in [4.78, 5) is 5.01. The van der Waals surface area contributed by atoms with Gasteiger partial charge < -0.3 is 5.73 Å². The van der Waals surface area contributed by atoms with Crippen LogP contribution in [0.3, 0.4) is 0 Å². The van der Waals surface area contributed by atoms with E-state index in [0.29, 0.717) is 24.2 Å². The quantitative estimate of drug-likeness (QED) is 0.712. The molecule has 0 amide bonds. The zero-order valence-electron chi connectivity index (χ0n) is 10.2. The van der Waals surface area contributed by atoms with Gasteiger partial charge in [-0.05, 0) is 34.7 Å². The van der Waals surface area contributed by atoms with Gasteiger partial charge in [-0.25, -0.2) is 0 Å². The Morgan fingerprint density at radius 3 is 1.71 bits per heavy atom. The van der Waals surface area contributed by atoms with E-state index in [0.717, 1.165) is 13.1 Å². The monoisotopic (exact) mass is 199 g/mol. The van der Waals surface area contributed by atoms with E-state index in [1.54, 1.807) is 0 Å². The summed E-state index contributed by atoms with van der Waals surface area (Å²) in [5, 5.41) is 0. The molecule has 2 N–H and O–H groups in total. The lowest BCUT2D eigenvalue weighted by Gasteiger charge is -2.51. The first kappa shape index (κ1) is 12.0. The molecule has 1 heterocycles. The lowest BCUT2D eigenvalue weighted by atomic mass is 9.95. The summed E-state index contributed by atoms with van der Waals surface area (Å²) in [5.74, 6) is 0. The van der Waals surface area contributed by atoms with Crippen molar-refractivity contribution in [2.45, 2.75) is 51.9 Å². The van der Waals surface area contributed by atoms with Gasteiger partial charge in [-0.2, -0.15) is 0 Å². The molecule has 0 aromatic carbocycles. The highest BCUT2D eigenvalue weighted by molar-refractivity contribution is 4.94. The molecule has 3 nitrogen and oxygen atoms in total. The van der Waals surface area contributed by atoms with Crippen LogP contribution >= 0.6 is 0 Å². The molecular formula is C11H25N3. The van der Waals surface area contributed by atoms with Gasteiger partial charge in [-0.1, -0.05) is 0 Å². The first-order valence-electron chi connectivity index (χ1n) is 5.68. The number of likely N-dealkylation sites (N-methyl/N-ethyl adjacent to an activating group) is 1. The topological polar surface area (TPSA) is 32.5 Å². The Hall–Kier alpha value is -0.120. The lowest BCUT2D eigenvalue weighted by molar-refractivity contribution is -0.0236. The van der Waals surface area contributed by atoms with Crippen LogP contribution in [0.15, 0.2) is 0 Å². The molecule has 0 saturated carbocycles. The third-order valence-electron chi connectivity index (χ3n) is 4.11. The molecule has 1 saturated heterocycles. The average Bonchev–Trinajstić information content (AvgIpc) is 2.19. The number of hydrogen-bond acceptors (Lipinski definition) is 3. The molecule has 0 radical (unpaired) electrons. The number of piperazine rings is 1. The Bertz CT molecular complexity index is 167. The van der Waals surface area contributed by atoms with Crippen LogP contribution in [0.2, 0.25) is 0 Å². The number of hydrogen-bond donors (Lipinski definition) is 1. The van der Waals surface area contributed by atoms with Gasteiger partial charge in [-0.15, -0.1) is 0 Å². The Morgan fingerprint density at radius 2 is 1.36 bits per heavy atom. The van der Waals surface area contributed by atoms with Gasteiger partial charge in [0.05, 0.1) is 0 Å². The van der Waals surface area contributed by atoms with Crippen molar-refractivity contribution in [3.05, 3.63) is 0 Å². The molecular weight excluding hydrogens is 174 g/mol. The molecule has 4 atom stereocenters. The molecule has 14 heavy (non-hydrogen) atoms. The maximum atomic E-state index is 5.65. The van der Waals surface area contributed by atoms with E-state index in [4.69, 9.17) is 5.73 Å². The summed E-state index contributed by atoms with van der Waals surface area (Å²) in [7, 11) is 2.22. The normalized spacial score (nSPS) is 41.6. The lowest BCUT2D eigenvalue weighted by Crippen LogP contribution is -2.64. The van der Waals surface area contributed by atoms with Gasteiger partial charge in [0.25, 0.3) is 0 Å². The van der Waals surface area contributed by atoms with Crippen molar-refractivity contribution in [3.63, 3.8) is 0 Å². The van der Waals surface area contributed by atoms with Crippen molar-refractivity contribution >= 4 is 0 Å². The number of nitrogens with zero attached hydrogens (tertiary/aromatic N) is 2. The number of rotatable bonds is 2. The Labute approximate surface area is 88.2 Å². The van der Waals surface area contributed by atoms with Crippen molar-refractivity contribution in [2.24, 2.45) is 5.73 Å². The van der Waals surface area contributed by atoms with Crippen LogP contribution in [0.4, 0.5) is 0 Å². The van der Waals surface area contributed by atoms with E-state index in [-0.39, 0.29) is 0 Å². The third-order valence-corrected chi connectivity index (χ3v) is 4.11. The first-order valence-corrected chi connectivity index (χ1v) is 5.68. The fourth-order valence-electron chi connectivity index (χ4n) is 2.53. The van der Waals surface area contributed by atoms with Crippen LogP contribution in [0.25, 0.3) is 0 Å². The van der Waals surface area contributed by atoms with Gasteiger partial charge in [0, 0.05) is 37.3 Å². The van der Waals surface area contributed by atoms with Crippen LogP contribution in [0.5, 0.6) is 0 Å². The smallest absolute Gasteiger partial charge is 0.0224 e. The molecule has 0 aromatic heterocycles. The molecule has 0 aliphatic carbocycles. The predicted molar refractivity (Wildman–Crippen MR) is 61.4 cm³/mol. The molecule has 0 aromatic rings. The molecule has 1 aliphatic rings. The van der Waals surface area contributed by atoms with Gasteiger partial charge in [0.1, 0.15) is 0 Å². The van der Waals surface area contributed by atoms with E-state index >= 15 is 0 Å². The van der Waals surface area contributed by atoms with Crippen molar-refractivity contribution in [3.8, 4) is 0 Å². The Kier molecular flexibility index (Phi) is 3.93. The maximum Gasteiger partial charge on any atom is 0.0224 e. The second kappa shape index (κ2) is 4.60. The molecule has 4 unspecified atom stereocenters. The third kappa shape index (κ3) is 1.95. The summed E-state index contributed by atoms with van der Waals surface area (Å²) in [6.07, 6.45) is 0. The van der Waals surface area contributed by atoms with Crippen molar-refractivity contribution < 1.29 is 0 Å². The molecule has 1 rings (SSSR count). The highest BCUT2D eigenvalue weighted by Crippen LogP contribution is 2.24. The van der Waals surface area contributed by atoms with Crippen LogP contribution in [-0.2, 0) is 0 Å². The highest BCUT2D eigenvalue weighted by Gasteiger charge is 2.37. The van der Waals surface area contributed by atoms with Gasteiger partial charge >= 0.3 is 0 Å². The van der Waals surface area contributed by atoms with E-state index in [1.807, 2.05) is 0 Å². The van der Waals surface area contributed by atoms with Gasteiger partial charge in [0.2, 0.25) is 0 Å². The fourth-order valence-corrected chi connectivity index (χ4v) is 2.53. The van der Waals surface area contributed by atoms with Gasteiger partial charge in [0.15, 0.2) is 0 Å². The van der Waals surface area contributed by atoms with Crippen molar-refractivity contribution in [1.29, 1.82) is 0 Å². The maximum absolute atomic E-state index is 5.65. The van der Waals surface area contributed by atoms with E-state index in [2.05, 4.69) is 44.5 Å². The minimum atomic E-state index is 0.606. The summed E-state index contributed by atoms with van der Waals surface area (Å²) in [6.45, 7) is 11.0. The minimum Gasteiger partial charge on any atom is -0.329 e. The second-order valence-corrected chi connectivity index (χ2v) is 4.65. The molecule has 3 heteroatoms. The summed E-state index contributed by atoms with van der Waals surface area (Å²) < 4.78 is 0. The van der Waals surface area contributed by atoms with E-state index in [9.17, 15) is 0 Å². The van der Waals surface area contributed by atoms with E-state index in [1.165, 1.54) is 0 Å². The Balaban J connectivity index is 2.75. The van der Waals surface area contributed by atoms with Crippen molar-refractivity contribution in [1.82, 2.24) is 9.80 Å². The standard InChI is InChI=1S/C11H25N3/c1-8-10(3)14(7-6-12)11(4)9(2)13(8)5/h8-11H,6-7,12H2,1-5H3. The summed E-state index contributed by atoms with van der Waals surface area (Å²) in [6, 6.07) is 2.45. The predicted octanol–water partition coefficient (Wildman–Crippen LogP) is 0.747. The summed E-state index contributed by atoms with van der Waals surface area (Å²) >= 11 is 0. The Morgan fingerprint density at radius 1 is 0.929 bits per heavy atom. The zero-order chi connectivity index (χ0) is 10.9. The molecule has 1 fully saturated rings. The fraction of sp³-hybridized carbons (Fsp3) is 1.00. The molecule has 84 valence electrons. The SMILES string of the molecule is CC1C(C)N(CCN)C(C)C(C)N1C.